The monoisotopic (exact) mass is 218 g/mol. The number of rotatable bonds is 2. The molecule has 2 rings (SSSR count). The van der Waals surface area contributed by atoms with Crippen molar-refractivity contribution >= 4 is 5.82 Å². The molecule has 2 aromatic rings. The number of para-hydroxylation sites is 1. The van der Waals surface area contributed by atoms with Crippen LogP contribution >= 0.6 is 0 Å². The number of nitrogen functional groups attached to an aromatic ring is 1. The number of hydrogen-bond donors (Lipinski definition) is 2. The van der Waals surface area contributed by atoms with E-state index in [2.05, 4.69) is 5.16 Å². The van der Waals surface area contributed by atoms with E-state index in [4.69, 9.17) is 10.3 Å². The molecule has 0 amide bonds. The van der Waals surface area contributed by atoms with Gasteiger partial charge < -0.3 is 15.4 Å². The molecule has 0 fully saturated rings. The van der Waals surface area contributed by atoms with E-state index in [1.54, 1.807) is 18.2 Å². The van der Waals surface area contributed by atoms with Crippen LogP contribution in [-0.4, -0.2) is 10.3 Å². The molecule has 0 unspecified atom stereocenters. The number of phenols is 1. The van der Waals surface area contributed by atoms with Crippen LogP contribution in [-0.2, 0) is 0 Å². The Morgan fingerprint density at radius 2 is 2.00 bits per heavy atom. The average Bonchev–Trinajstić information content (AvgIpc) is 2.61. The maximum Gasteiger partial charge on any atom is 0.176 e. The van der Waals surface area contributed by atoms with Gasteiger partial charge in [0.05, 0.1) is 5.56 Å². The molecule has 0 atom stereocenters. The maximum atomic E-state index is 9.75. The van der Waals surface area contributed by atoms with Gasteiger partial charge in [0.2, 0.25) is 0 Å². The number of hydrogen-bond acceptors (Lipinski definition) is 4. The van der Waals surface area contributed by atoms with Crippen molar-refractivity contribution in [3.63, 3.8) is 0 Å². The van der Waals surface area contributed by atoms with Gasteiger partial charge in [-0.25, -0.2) is 0 Å². The Morgan fingerprint density at radius 1 is 1.31 bits per heavy atom. The lowest BCUT2D eigenvalue weighted by Crippen LogP contribution is -1.95. The molecule has 4 heteroatoms. The summed E-state index contributed by atoms with van der Waals surface area (Å²) < 4.78 is 5.19. The summed E-state index contributed by atoms with van der Waals surface area (Å²) in [5.41, 5.74) is 7.20. The van der Waals surface area contributed by atoms with Crippen LogP contribution in [0.5, 0.6) is 5.75 Å². The van der Waals surface area contributed by atoms with Crippen LogP contribution in [0, 0.1) is 0 Å². The molecule has 0 bridgehead atoms. The molecule has 1 heterocycles. The summed E-state index contributed by atoms with van der Waals surface area (Å²) in [6, 6.07) is 6.98. The molecule has 0 radical (unpaired) electrons. The van der Waals surface area contributed by atoms with Gasteiger partial charge in [-0.2, -0.15) is 0 Å². The number of phenolic OH excluding ortho intramolecular Hbond substituents is 1. The third kappa shape index (κ3) is 1.62. The van der Waals surface area contributed by atoms with Gasteiger partial charge in [0, 0.05) is 5.56 Å². The second-order valence-corrected chi connectivity index (χ2v) is 3.98. The van der Waals surface area contributed by atoms with Crippen molar-refractivity contribution in [2.45, 2.75) is 19.8 Å². The Morgan fingerprint density at radius 3 is 2.62 bits per heavy atom. The topological polar surface area (TPSA) is 72.3 Å². The first kappa shape index (κ1) is 10.5. The molecule has 0 spiro atoms. The second kappa shape index (κ2) is 3.89. The molecule has 0 aliphatic heterocycles. The number of anilines is 1. The predicted octanol–water partition coefficient (Wildman–Crippen LogP) is 2.75. The Hall–Kier alpha value is -1.97. The van der Waals surface area contributed by atoms with Gasteiger partial charge in [-0.3, -0.25) is 0 Å². The summed E-state index contributed by atoms with van der Waals surface area (Å²) in [5.74, 6) is 1.29. The highest BCUT2D eigenvalue weighted by atomic mass is 16.5. The first-order chi connectivity index (χ1) is 7.61. The summed E-state index contributed by atoms with van der Waals surface area (Å²) in [6.07, 6.45) is 0. The minimum atomic E-state index is 0.167. The standard InChI is InChI=1S/C12H14N2O2/c1-7(2)10-11(16-14-12(10)13)8-5-3-4-6-9(8)15/h3-7,15H,1-2H3,(H2,13,14). The second-order valence-electron chi connectivity index (χ2n) is 3.98. The summed E-state index contributed by atoms with van der Waals surface area (Å²) in [5, 5.41) is 13.5. The van der Waals surface area contributed by atoms with E-state index in [0.717, 1.165) is 5.56 Å². The molecule has 0 saturated carbocycles. The van der Waals surface area contributed by atoms with Crippen molar-refractivity contribution in [1.82, 2.24) is 5.16 Å². The van der Waals surface area contributed by atoms with Crippen LogP contribution in [0.3, 0.4) is 0 Å². The number of nitrogens with two attached hydrogens (primary N) is 1. The SMILES string of the molecule is CC(C)c1c(N)noc1-c1ccccc1O. The maximum absolute atomic E-state index is 9.75. The molecule has 84 valence electrons. The molecular weight excluding hydrogens is 204 g/mol. The molecule has 3 N–H and O–H groups in total. The number of aromatic nitrogens is 1. The summed E-state index contributed by atoms with van der Waals surface area (Å²) in [7, 11) is 0. The third-order valence-corrected chi connectivity index (χ3v) is 2.48. The molecule has 4 nitrogen and oxygen atoms in total. The van der Waals surface area contributed by atoms with Gasteiger partial charge >= 0.3 is 0 Å². The van der Waals surface area contributed by atoms with Crippen LogP contribution in [0.2, 0.25) is 0 Å². The van der Waals surface area contributed by atoms with Crippen LogP contribution in [0.15, 0.2) is 28.8 Å². The first-order valence-electron chi connectivity index (χ1n) is 5.14. The number of nitrogens with zero attached hydrogens (tertiary/aromatic N) is 1. The van der Waals surface area contributed by atoms with Crippen LogP contribution in [0.4, 0.5) is 5.82 Å². The van der Waals surface area contributed by atoms with Crippen LogP contribution in [0.1, 0.15) is 25.3 Å². The first-order valence-corrected chi connectivity index (χ1v) is 5.14. The van der Waals surface area contributed by atoms with Crippen molar-refractivity contribution < 1.29 is 9.63 Å². The lowest BCUT2D eigenvalue weighted by atomic mass is 9.99. The zero-order valence-corrected chi connectivity index (χ0v) is 9.27. The Bertz CT molecular complexity index is 503. The average molecular weight is 218 g/mol. The largest absolute Gasteiger partial charge is 0.507 e. The zero-order valence-electron chi connectivity index (χ0n) is 9.27. The van der Waals surface area contributed by atoms with Gasteiger partial charge in [0.1, 0.15) is 5.75 Å². The van der Waals surface area contributed by atoms with Crippen LogP contribution in [0.25, 0.3) is 11.3 Å². The zero-order chi connectivity index (χ0) is 11.7. The fraction of sp³-hybridized carbons (Fsp3) is 0.250. The highest BCUT2D eigenvalue weighted by Crippen LogP contribution is 2.37. The van der Waals surface area contributed by atoms with Crippen molar-refractivity contribution in [3.8, 4) is 17.1 Å². The minimum Gasteiger partial charge on any atom is -0.507 e. The third-order valence-electron chi connectivity index (χ3n) is 2.48. The Labute approximate surface area is 93.7 Å². The van der Waals surface area contributed by atoms with E-state index in [0.29, 0.717) is 17.1 Å². The fourth-order valence-electron chi connectivity index (χ4n) is 1.73. The van der Waals surface area contributed by atoms with Gasteiger partial charge in [0.15, 0.2) is 11.6 Å². The van der Waals surface area contributed by atoms with E-state index in [1.807, 2.05) is 19.9 Å². The normalized spacial score (nSPS) is 10.9. The summed E-state index contributed by atoms with van der Waals surface area (Å²) >= 11 is 0. The molecule has 16 heavy (non-hydrogen) atoms. The van der Waals surface area contributed by atoms with Gasteiger partial charge in [-0.15, -0.1) is 0 Å². The van der Waals surface area contributed by atoms with Gasteiger partial charge in [-0.1, -0.05) is 31.1 Å². The van der Waals surface area contributed by atoms with E-state index in [1.165, 1.54) is 0 Å². The summed E-state index contributed by atoms with van der Waals surface area (Å²) in [4.78, 5) is 0. The highest BCUT2D eigenvalue weighted by molar-refractivity contribution is 5.71. The van der Waals surface area contributed by atoms with Crippen molar-refractivity contribution in [2.24, 2.45) is 0 Å². The van der Waals surface area contributed by atoms with Gasteiger partial charge in [0.25, 0.3) is 0 Å². The molecule has 1 aromatic carbocycles. The Kier molecular flexibility index (Phi) is 2.56. The van der Waals surface area contributed by atoms with E-state index >= 15 is 0 Å². The van der Waals surface area contributed by atoms with E-state index in [9.17, 15) is 5.11 Å². The molecule has 0 aliphatic carbocycles. The van der Waals surface area contributed by atoms with E-state index < -0.39 is 0 Å². The van der Waals surface area contributed by atoms with Crippen molar-refractivity contribution in [1.29, 1.82) is 0 Å². The molecular formula is C12H14N2O2. The number of aromatic hydroxyl groups is 1. The molecule has 0 aliphatic rings. The minimum absolute atomic E-state index is 0.167. The smallest absolute Gasteiger partial charge is 0.176 e. The lowest BCUT2D eigenvalue weighted by molar-refractivity contribution is 0.428. The lowest BCUT2D eigenvalue weighted by Gasteiger charge is -2.06. The predicted molar refractivity (Wildman–Crippen MR) is 62.1 cm³/mol. The fourth-order valence-corrected chi connectivity index (χ4v) is 1.73. The highest BCUT2D eigenvalue weighted by Gasteiger charge is 2.20. The van der Waals surface area contributed by atoms with Crippen LogP contribution < -0.4 is 5.73 Å². The quantitative estimate of drug-likeness (QED) is 0.812. The molecule has 0 saturated heterocycles. The van der Waals surface area contributed by atoms with Crippen molar-refractivity contribution in [3.05, 3.63) is 29.8 Å². The number of benzene rings is 1. The summed E-state index contributed by atoms with van der Waals surface area (Å²) in [6.45, 7) is 4.01. The molecule has 1 aromatic heterocycles. The Balaban J connectivity index is 2.61. The van der Waals surface area contributed by atoms with E-state index in [-0.39, 0.29) is 11.7 Å². The van der Waals surface area contributed by atoms with Crippen molar-refractivity contribution in [2.75, 3.05) is 5.73 Å². The van der Waals surface area contributed by atoms with Gasteiger partial charge in [-0.05, 0) is 18.1 Å².